The minimum absolute atomic E-state index is 0.0939. The van der Waals surface area contributed by atoms with Crippen LogP contribution in [0.2, 0.25) is 0 Å². The van der Waals surface area contributed by atoms with Crippen LogP contribution in [-0.2, 0) is 17.8 Å². The number of carbonyl (C=O) groups excluding carboxylic acids is 1. The average molecular weight is 469 g/mol. The SMILES string of the molecule is C/C=C1/C(N)CC(C)CC1Cc1nc(OC(=O)OCc2ccc(C)c(OC)c2)ccc1C.CC. The molecule has 1 fully saturated rings. The van der Waals surface area contributed by atoms with Gasteiger partial charge >= 0.3 is 6.16 Å². The van der Waals surface area contributed by atoms with Crippen molar-refractivity contribution in [3.05, 3.63) is 64.4 Å². The van der Waals surface area contributed by atoms with Crippen molar-refractivity contribution in [2.75, 3.05) is 7.11 Å². The second-order valence-electron chi connectivity index (χ2n) is 8.73. The van der Waals surface area contributed by atoms with Gasteiger partial charge in [-0.05, 0) is 74.6 Å². The number of allylic oxidation sites excluding steroid dienone is 1. The molecule has 2 aromatic rings. The van der Waals surface area contributed by atoms with Crippen LogP contribution in [0.15, 0.2) is 42.0 Å². The molecule has 1 aromatic heterocycles. The minimum atomic E-state index is -0.783. The number of nitrogens with zero attached hydrogens (tertiary/aromatic N) is 1. The number of ether oxygens (including phenoxy) is 3. The molecule has 0 spiro atoms. The molecule has 3 rings (SSSR count). The van der Waals surface area contributed by atoms with E-state index in [0.29, 0.717) is 11.8 Å². The minimum Gasteiger partial charge on any atom is -0.496 e. The topological polar surface area (TPSA) is 83.7 Å². The summed E-state index contributed by atoms with van der Waals surface area (Å²) in [6, 6.07) is 9.39. The van der Waals surface area contributed by atoms with Crippen molar-refractivity contribution >= 4 is 6.16 Å². The molecule has 1 aliphatic rings. The van der Waals surface area contributed by atoms with Gasteiger partial charge in [0.05, 0.1) is 7.11 Å². The third kappa shape index (κ3) is 7.32. The fraction of sp³-hybridized carbons (Fsp3) is 0.500. The second-order valence-corrected chi connectivity index (χ2v) is 8.73. The van der Waals surface area contributed by atoms with Gasteiger partial charge in [-0.1, -0.05) is 50.6 Å². The van der Waals surface area contributed by atoms with Crippen LogP contribution < -0.4 is 15.2 Å². The Morgan fingerprint density at radius 2 is 1.85 bits per heavy atom. The van der Waals surface area contributed by atoms with Crippen LogP contribution >= 0.6 is 0 Å². The number of methoxy groups -OCH3 is 1. The summed E-state index contributed by atoms with van der Waals surface area (Å²) in [6.07, 6.45) is 4.24. The Bertz CT molecular complexity index is 986. The highest BCUT2D eigenvalue weighted by molar-refractivity contribution is 5.63. The van der Waals surface area contributed by atoms with E-state index in [2.05, 4.69) is 24.9 Å². The molecule has 186 valence electrons. The molecule has 0 bridgehead atoms. The predicted molar refractivity (Wildman–Crippen MR) is 136 cm³/mol. The molecule has 2 N–H and O–H groups in total. The molecule has 1 aliphatic carbocycles. The van der Waals surface area contributed by atoms with Gasteiger partial charge in [-0.3, -0.25) is 0 Å². The molecular formula is C28H40N2O4. The zero-order chi connectivity index (χ0) is 25.3. The van der Waals surface area contributed by atoms with E-state index in [1.807, 2.05) is 52.0 Å². The van der Waals surface area contributed by atoms with E-state index < -0.39 is 6.16 Å². The first-order valence-corrected chi connectivity index (χ1v) is 12.2. The average Bonchev–Trinajstić information content (AvgIpc) is 2.82. The molecule has 3 unspecified atom stereocenters. The molecule has 0 radical (unpaired) electrons. The number of aromatic nitrogens is 1. The number of benzene rings is 1. The van der Waals surface area contributed by atoms with E-state index in [4.69, 9.17) is 19.9 Å². The van der Waals surface area contributed by atoms with Crippen LogP contribution in [0.1, 0.15) is 62.9 Å². The summed E-state index contributed by atoms with van der Waals surface area (Å²) in [5, 5.41) is 0. The molecule has 3 atom stereocenters. The molecule has 6 nitrogen and oxygen atoms in total. The first kappa shape index (κ1) is 27.4. The Balaban J connectivity index is 0.00000199. The molecule has 1 saturated carbocycles. The molecule has 0 saturated heterocycles. The van der Waals surface area contributed by atoms with Gasteiger partial charge in [0.25, 0.3) is 0 Å². The van der Waals surface area contributed by atoms with E-state index in [1.165, 1.54) is 5.57 Å². The lowest BCUT2D eigenvalue weighted by molar-refractivity contribution is 0.0911. The maximum Gasteiger partial charge on any atom is 0.515 e. The number of nitrogens with two attached hydrogens (primary N) is 1. The first-order chi connectivity index (χ1) is 16.3. The van der Waals surface area contributed by atoms with Crippen LogP contribution in [0.5, 0.6) is 11.6 Å². The fourth-order valence-electron chi connectivity index (χ4n) is 4.50. The summed E-state index contributed by atoms with van der Waals surface area (Å²) in [5.74, 6) is 1.92. The highest BCUT2D eigenvalue weighted by Gasteiger charge is 2.29. The molecule has 1 heterocycles. The Kier molecular flexibility index (Phi) is 10.6. The van der Waals surface area contributed by atoms with E-state index >= 15 is 0 Å². The molecule has 1 aromatic carbocycles. The van der Waals surface area contributed by atoms with Gasteiger partial charge in [0.1, 0.15) is 12.4 Å². The van der Waals surface area contributed by atoms with Crippen molar-refractivity contribution in [1.82, 2.24) is 4.98 Å². The smallest absolute Gasteiger partial charge is 0.496 e. The molecular weight excluding hydrogens is 428 g/mol. The van der Waals surface area contributed by atoms with Crippen molar-refractivity contribution in [3.63, 3.8) is 0 Å². The summed E-state index contributed by atoms with van der Waals surface area (Å²) in [4.78, 5) is 16.8. The largest absolute Gasteiger partial charge is 0.515 e. The van der Waals surface area contributed by atoms with Crippen molar-refractivity contribution < 1.29 is 19.0 Å². The number of hydrogen-bond donors (Lipinski definition) is 1. The Morgan fingerprint density at radius 3 is 2.53 bits per heavy atom. The van der Waals surface area contributed by atoms with Crippen LogP contribution in [0.25, 0.3) is 0 Å². The molecule has 0 aliphatic heterocycles. The fourth-order valence-corrected chi connectivity index (χ4v) is 4.50. The summed E-state index contributed by atoms with van der Waals surface area (Å²) < 4.78 is 15.9. The van der Waals surface area contributed by atoms with Gasteiger partial charge in [0.2, 0.25) is 5.88 Å². The molecule has 34 heavy (non-hydrogen) atoms. The highest BCUT2D eigenvalue weighted by Crippen LogP contribution is 2.35. The zero-order valence-electron chi connectivity index (χ0n) is 21.7. The maximum absolute atomic E-state index is 12.2. The lowest BCUT2D eigenvalue weighted by Gasteiger charge is -2.34. The van der Waals surface area contributed by atoms with Gasteiger partial charge in [-0.2, -0.15) is 0 Å². The van der Waals surface area contributed by atoms with Gasteiger partial charge in [0, 0.05) is 17.8 Å². The normalized spacial score (nSPS) is 20.8. The van der Waals surface area contributed by atoms with Crippen molar-refractivity contribution in [1.29, 1.82) is 0 Å². The lowest BCUT2D eigenvalue weighted by Crippen LogP contribution is -2.35. The highest BCUT2D eigenvalue weighted by atomic mass is 16.7. The van der Waals surface area contributed by atoms with Gasteiger partial charge in [-0.25, -0.2) is 9.78 Å². The van der Waals surface area contributed by atoms with E-state index in [-0.39, 0.29) is 18.5 Å². The number of hydrogen-bond acceptors (Lipinski definition) is 6. The number of carbonyl (C=O) groups is 1. The summed E-state index contributed by atoms with van der Waals surface area (Å²) in [5.41, 5.74) is 11.5. The van der Waals surface area contributed by atoms with Crippen LogP contribution in [0.4, 0.5) is 4.79 Å². The van der Waals surface area contributed by atoms with Crippen molar-refractivity contribution in [2.45, 2.75) is 73.5 Å². The number of aryl methyl sites for hydroxylation is 2. The third-order valence-corrected chi connectivity index (χ3v) is 6.21. The van der Waals surface area contributed by atoms with Gasteiger partial charge in [0.15, 0.2) is 0 Å². The zero-order valence-corrected chi connectivity index (χ0v) is 21.7. The summed E-state index contributed by atoms with van der Waals surface area (Å²) >= 11 is 0. The Labute approximate surface area is 204 Å². The number of pyridine rings is 1. The quantitative estimate of drug-likeness (QED) is 0.395. The summed E-state index contributed by atoms with van der Waals surface area (Å²) in [7, 11) is 1.61. The van der Waals surface area contributed by atoms with Crippen molar-refractivity contribution in [2.24, 2.45) is 17.6 Å². The van der Waals surface area contributed by atoms with E-state index in [9.17, 15) is 4.79 Å². The van der Waals surface area contributed by atoms with Gasteiger partial charge < -0.3 is 19.9 Å². The van der Waals surface area contributed by atoms with E-state index in [1.54, 1.807) is 13.2 Å². The monoisotopic (exact) mass is 468 g/mol. The Hall–Kier alpha value is -2.86. The predicted octanol–water partition coefficient (Wildman–Crippen LogP) is 6.31. The lowest BCUT2D eigenvalue weighted by atomic mass is 9.73. The Morgan fingerprint density at radius 1 is 1.15 bits per heavy atom. The standard InChI is InChI=1S/C26H34N2O4.C2H6/c1-6-21-20(11-16(2)12-22(21)27)14-23-17(3)8-10-25(28-23)32-26(29)31-15-19-9-7-18(4)24(13-19)30-5;1-2/h6-10,13,16,20,22H,11-12,14-15,27H2,1-5H3;1-2H3/b21-6+;. The first-order valence-electron chi connectivity index (χ1n) is 12.2. The maximum atomic E-state index is 12.2. The third-order valence-electron chi connectivity index (χ3n) is 6.21. The molecule has 0 amide bonds. The van der Waals surface area contributed by atoms with Gasteiger partial charge in [-0.15, -0.1) is 0 Å². The van der Waals surface area contributed by atoms with Crippen LogP contribution in [0, 0.1) is 25.7 Å². The van der Waals surface area contributed by atoms with E-state index in [0.717, 1.165) is 47.4 Å². The van der Waals surface area contributed by atoms with Crippen molar-refractivity contribution in [3.8, 4) is 11.6 Å². The number of rotatable bonds is 6. The summed E-state index contributed by atoms with van der Waals surface area (Å²) in [6.45, 7) is 12.4. The van der Waals surface area contributed by atoms with Crippen LogP contribution in [0.3, 0.4) is 0 Å². The second kappa shape index (κ2) is 13.1. The van der Waals surface area contributed by atoms with Crippen LogP contribution in [-0.4, -0.2) is 24.3 Å². The molecule has 6 heteroatoms.